The van der Waals surface area contributed by atoms with Gasteiger partial charge in [-0.15, -0.1) is 0 Å². The number of nitrogens with two attached hydrogens (primary N) is 1. The molecule has 1 saturated heterocycles. The highest BCUT2D eigenvalue weighted by molar-refractivity contribution is 5.86. The van der Waals surface area contributed by atoms with E-state index in [0.29, 0.717) is 19.0 Å². The molecule has 0 bridgehead atoms. The molecule has 2 unspecified atom stereocenters. The van der Waals surface area contributed by atoms with Crippen molar-refractivity contribution in [3.63, 3.8) is 0 Å². The van der Waals surface area contributed by atoms with E-state index >= 15 is 0 Å². The highest BCUT2D eigenvalue weighted by Crippen LogP contribution is 2.15. The SMILES string of the molecule is CC1CCN(C(=O)C(N)CC(=O)O)C1. The normalized spacial score (nSPS) is 23.6. The monoisotopic (exact) mass is 200 g/mol. The zero-order valence-corrected chi connectivity index (χ0v) is 8.27. The minimum absolute atomic E-state index is 0.239. The third kappa shape index (κ3) is 2.70. The summed E-state index contributed by atoms with van der Waals surface area (Å²) in [4.78, 5) is 23.6. The highest BCUT2D eigenvalue weighted by atomic mass is 16.4. The minimum atomic E-state index is -1.03. The van der Waals surface area contributed by atoms with Crippen molar-refractivity contribution in [3.8, 4) is 0 Å². The largest absolute Gasteiger partial charge is 0.481 e. The van der Waals surface area contributed by atoms with Gasteiger partial charge in [-0.3, -0.25) is 9.59 Å². The lowest BCUT2D eigenvalue weighted by Crippen LogP contribution is -2.43. The molecule has 80 valence electrons. The zero-order valence-electron chi connectivity index (χ0n) is 8.27. The zero-order chi connectivity index (χ0) is 10.7. The van der Waals surface area contributed by atoms with Crippen molar-refractivity contribution >= 4 is 11.9 Å². The molecule has 1 rings (SSSR count). The molecule has 5 heteroatoms. The van der Waals surface area contributed by atoms with Crippen molar-refractivity contribution in [3.05, 3.63) is 0 Å². The van der Waals surface area contributed by atoms with Gasteiger partial charge in [-0.2, -0.15) is 0 Å². The number of aliphatic carboxylic acids is 1. The molecular weight excluding hydrogens is 184 g/mol. The van der Waals surface area contributed by atoms with E-state index in [0.717, 1.165) is 6.42 Å². The minimum Gasteiger partial charge on any atom is -0.481 e. The van der Waals surface area contributed by atoms with Gasteiger partial charge in [-0.05, 0) is 12.3 Å². The van der Waals surface area contributed by atoms with Gasteiger partial charge in [-0.1, -0.05) is 6.92 Å². The van der Waals surface area contributed by atoms with Gasteiger partial charge in [0.15, 0.2) is 0 Å². The average Bonchev–Trinajstić information content (AvgIpc) is 2.49. The number of hydrogen-bond acceptors (Lipinski definition) is 3. The first-order valence-corrected chi connectivity index (χ1v) is 4.77. The first-order valence-electron chi connectivity index (χ1n) is 4.77. The topological polar surface area (TPSA) is 83.6 Å². The summed E-state index contributed by atoms with van der Waals surface area (Å²) in [6, 6.07) is -0.891. The molecule has 1 aliphatic heterocycles. The fourth-order valence-electron chi connectivity index (χ4n) is 1.65. The first kappa shape index (κ1) is 11.0. The Labute approximate surface area is 82.9 Å². The third-order valence-corrected chi connectivity index (χ3v) is 2.45. The number of hydrogen-bond donors (Lipinski definition) is 2. The van der Waals surface area contributed by atoms with Crippen LogP contribution in [0.25, 0.3) is 0 Å². The molecule has 0 spiro atoms. The lowest BCUT2D eigenvalue weighted by molar-refractivity contribution is -0.141. The van der Waals surface area contributed by atoms with Gasteiger partial charge in [-0.25, -0.2) is 0 Å². The Morgan fingerprint density at radius 3 is 2.71 bits per heavy atom. The number of carboxylic acids is 1. The fourth-order valence-corrected chi connectivity index (χ4v) is 1.65. The van der Waals surface area contributed by atoms with Crippen LogP contribution in [-0.4, -0.2) is 41.0 Å². The van der Waals surface area contributed by atoms with Gasteiger partial charge in [0.2, 0.25) is 5.91 Å². The predicted molar refractivity (Wildman–Crippen MR) is 50.6 cm³/mol. The molecule has 0 aromatic carbocycles. The molecule has 14 heavy (non-hydrogen) atoms. The van der Waals surface area contributed by atoms with Crippen LogP contribution in [-0.2, 0) is 9.59 Å². The lowest BCUT2D eigenvalue weighted by atomic mass is 10.2. The van der Waals surface area contributed by atoms with E-state index in [-0.39, 0.29) is 12.3 Å². The standard InChI is InChI=1S/C9H16N2O3/c1-6-2-3-11(5-6)9(14)7(10)4-8(12)13/h6-7H,2-5,10H2,1H3,(H,12,13). The maximum absolute atomic E-state index is 11.6. The molecule has 0 saturated carbocycles. The van der Waals surface area contributed by atoms with Crippen LogP contribution in [0.2, 0.25) is 0 Å². The molecule has 1 amide bonds. The summed E-state index contributed by atoms with van der Waals surface area (Å²) in [5, 5.41) is 8.48. The van der Waals surface area contributed by atoms with Gasteiger partial charge < -0.3 is 15.7 Å². The molecule has 2 atom stereocenters. The Hall–Kier alpha value is -1.10. The molecule has 0 aromatic rings. The summed E-state index contributed by atoms with van der Waals surface area (Å²) >= 11 is 0. The second kappa shape index (κ2) is 4.41. The number of carbonyl (C=O) groups excluding carboxylic acids is 1. The summed E-state index contributed by atoms with van der Waals surface area (Å²) in [6.07, 6.45) is 0.690. The van der Waals surface area contributed by atoms with Crippen LogP contribution in [0.3, 0.4) is 0 Å². The van der Waals surface area contributed by atoms with Crippen molar-refractivity contribution in [2.45, 2.75) is 25.8 Å². The van der Waals surface area contributed by atoms with Crippen molar-refractivity contribution < 1.29 is 14.7 Å². The molecule has 0 aromatic heterocycles. The predicted octanol–water partition coefficient (Wildman–Crippen LogP) is -0.343. The van der Waals surface area contributed by atoms with E-state index in [1.54, 1.807) is 4.90 Å². The summed E-state index contributed by atoms with van der Waals surface area (Å²) in [5.74, 6) is -0.772. The van der Waals surface area contributed by atoms with Gasteiger partial charge in [0, 0.05) is 13.1 Å². The number of carbonyl (C=O) groups is 2. The number of nitrogens with zero attached hydrogens (tertiary/aromatic N) is 1. The van der Waals surface area contributed by atoms with Crippen LogP contribution in [0.15, 0.2) is 0 Å². The molecular formula is C9H16N2O3. The summed E-state index contributed by atoms with van der Waals surface area (Å²) in [7, 11) is 0. The van der Waals surface area contributed by atoms with Gasteiger partial charge in [0.1, 0.15) is 0 Å². The Bertz CT molecular complexity index is 242. The quantitative estimate of drug-likeness (QED) is 0.652. The molecule has 3 N–H and O–H groups in total. The maximum Gasteiger partial charge on any atom is 0.305 e. The van der Waals surface area contributed by atoms with Crippen LogP contribution in [0.5, 0.6) is 0 Å². The summed E-state index contributed by atoms with van der Waals surface area (Å²) in [6.45, 7) is 3.47. The van der Waals surface area contributed by atoms with E-state index < -0.39 is 12.0 Å². The number of amides is 1. The Kier molecular flexibility index (Phi) is 3.46. The van der Waals surface area contributed by atoms with Crippen LogP contribution in [0, 0.1) is 5.92 Å². The molecule has 1 heterocycles. The van der Waals surface area contributed by atoms with Gasteiger partial charge >= 0.3 is 5.97 Å². The second-order valence-electron chi connectivity index (χ2n) is 3.88. The van der Waals surface area contributed by atoms with Crippen molar-refractivity contribution in [1.82, 2.24) is 4.90 Å². The van der Waals surface area contributed by atoms with E-state index in [4.69, 9.17) is 10.8 Å². The molecule has 0 aliphatic carbocycles. The van der Waals surface area contributed by atoms with Gasteiger partial charge in [0.25, 0.3) is 0 Å². The Balaban J connectivity index is 2.44. The van der Waals surface area contributed by atoms with Crippen LogP contribution >= 0.6 is 0 Å². The van der Waals surface area contributed by atoms with Crippen molar-refractivity contribution in [1.29, 1.82) is 0 Å². The number of rotatable bonds is 3. The van der Waals surface area contributed by atoms with Crippen LogP contribution in [0.1, 0.15) is 19.8 Å². The van der Waals surface area contributed by atoms with Gasteiger partial charge in [0.05, 0.1) is 12.5 Å². The van der Waals surface area contributed by atoms with Crippen molar-refractivity contribution in [2.75, 3.05) is 13.1 Å². The smallest absolute Gasteiger partial charge is 0.305 e. The molecule has 1 aliphatic rings. The van der Waals surface area contributed by atoms with E-state index in [1.165, 1.54) is 0 Å². The van der Waals surface area contributed by atoms with Crippen molar-refractivity contribution in [2.24, 2.45) is 11.7 Å². The fraction of sp³-hybridized carbons (Fsp3) is 0.778. The van der Waals surface area contributed by atoms with E-state index in [1.807, 2.05) is 0 Å². The van der Waals surface area contributed by atoms with E-state index in [9.17, 15) is 9.59 Å². The first-order chi connectivity index (χ1) is 6.50. The molecule has 1 fully saturated rings. The number of likely N-dealkylation sites (tertiary alicyclic amines) is 1. The Morgan fingerprint density at radius 2 is 2.29 bits per heavy atom. The van der Waals surface area contributed by atoms with E-state index in [2.05, 4.69) is 6.92 Å². The molecule has 5 nitrogen and oxygen atoms in total. The summed E-state index contributed by atoms with van der Waals surface area (Å²) in [5.41, 5.74) is 5.47. The second-order valence-corrected chi connectivity index (χ2v) is 3.88. The van der Waals surface area contributed by atoms with Crippen LogP contribution in [0.4, 0.5) is 0 Å². The third-order valence-electron chi connectivity index (χ3n) is 2.45. The van der Waals surface area contributed by atoms with Crippen LogP contribution < -0.4 is 5.73 Å². The Morgan fingerprint density at radius 1 is 1.64 bits per heavy atom. The molecule has 0 radical (unpaired) electrons. The lowest BCUT2D eigenvalue weighted by Gasteiger charge is -2.19. The summed E-state index contributed by atoms with van der Waals surface area (Å²) < 4.78 is 0. The number of carboxylic acid groups (broad SMARTS) is 1. The highest BCUT2D eigenvalue weighted by Gasteiger charge is 2.28. The average molecular weight is 200 g/mol. The maximum atomic E-state index is 11.6.